The number of anilines is 1. The van der Waals surface area contributed by atoms with Crippen LogP contribution in [0.5, 0.6) is 0 Å². The molecule has 3 nitrogen and oxygen atoms in total. The molecule has 0 spiro atoms. The summed E-state index contributed by atoms with van der Waals surface area (Å²) in [6, 6.07) is 18.9. The van der Waals surface area contributed by atoms with Crippen LogP contribution in [0.4, 0.5) is 5.69 Å². The summed E-state index contributed by atoms with van der Waals surface area (Å²) in [5, 5.41) is 2.60. The van der Waals surface area contributed by atoms with Crippen molar-refractivity contribution in [2.24, 2.45) is 4.99 Å². The summed E-state index contributed by atoms with van der Waals surface area (Å²) in [6.45, 7) is 5.07. The van der Waals surface area contributed by atoms with E-state index in [1.807, 2.05) is 23.9 Å². The molecule has 0 bridgehead atoms. The molecule has 1 unspecified atom stereocenters. The van der Waals surface area contributed by atoms with Gasteiger partial charge in [0.2, 0.25) is 0 Å². The Kier molecular flexibility index (Phi) is 5.18. The summed E-state index contributed by atoms with van der Waals surface area (Å²) in [6.07, 6.45) is 1.10. The second-order valence-corrected chi connectivity index (χ2v) is 8.21. The number of nitrogens with zero attached hydrogens (tertiary/aromatic N) is 3. The molecule has 2 heterocycles. The number of thioether (sulfide) groups is 1. The molecule has 1 saturated heterocycles. The van der Waals surface area contributed by atoms with E-state index in [1.54, 1.807) is 0 Å². The molecule has 0 aliphatic carbocycles. The van der Waals surface area contributed by atoms with Gasteiger partial charge in [0.1, 0.15) is 0 Å². The highest BCUT2D eigenvalue weighted by Crippen LogP contribution is 2.28. The van der Waals surface area contributed by atoms with E-state index >= 15 is 0 Å². The number of hydrogen-bond acceptors (Lipinski definition) is 4. The molecule has 2 aliphatic heterocycles. The lowest BCUT2D eigenvalue weighted by molar-refractivity contribution is 0.392. The Morgan fingerprint density at radius 1 is 0.920 bits per heavy atom. The number of rotatable bonds is 3. The minimum atomic E-state index is 0.576. The normalized spacial score (nSPS) is 20.7. The van der Waals surface area contributed by atoms with E-state index in [-0.39, 0.29) is 0 Å². The number of piperazine rings is 1. The van der Waals surface area contributed by atoms with Gasteiger partial charge >= 0.3 is 0 Å². The number of benzene rings is 2. The van der Waals surface area contributed by atoms with Crippen LogP contribution in [0.25, 0.3) is 0 Å². The first-order valence-electron chi connectivity index (χ1n) is 8.78. The molecule has 0 saturated carbocycles. The highest BCUT2D eigenvalue weighted by atomic mass is 35.5. The van der Waals surface area contributed by atoms with Crippen LogP contribution in [0, 0.1) is 0 Å². The van der Waals surface area contributed by atoms with E-state index in [9.17, 15) is 0 Å². The number of hydrogen-bond donors (Lipinski definition) is 0. The average molecular weight is 372 g/mol. The molecule has 2 aromatic rings. The van der Waals surface area contributed by atoms with Crippen molar-refractivity contribution in [3.05, 3.63) is 65.2 Å². The van der Waals surface area contributed by atoms with Crippen molar-refractivity contribution in [1.82, 2.24) is 4.90 Å². The van der Waals surface area contributed by atoms with Crippen molar-refractivity contribution in [3.8, 4) is 0 Å². The van der Waals surface area contributed by atoms with Crippen molar-refractivity contribution in [3.63, 3.8) is 0 Å². The van der Waals surface area contributed by atoms with Gasteiger partial charge in [0.05, 0.1) is 6.54 Å². The lowest BCUT2D eigenvalue weighted by Crippen LogP contribution is -2.47. The summed E-state index contributed by atoms with van der Waals surface area (Å²) >= 11 is 7.94. The van der Waals surface area contributed by atoms with Crippen molar-refractivity contribution >= 4 is 34.2 Å². The second kappa shape index (κ2) is 7.71. The van der Waals surface area contributed by atoms with Gasteiger partial charge in [0.25, 0.3) is 0 Å². The number of halogens is 1. The molecule has 0 radical (unpaired) electrons. The molecule has 0 aromatic heterocycles. The minimum Gasteiger partial charge on any atom is -0.368 e. The van der Waals surface area contributed by atoms with Gasteiger partial charge in [-0.1, -0.05) is 53.7 Å². The fourth-order valence-corrected chi connectivity index (χ4v) is 4.70. The molecule has 4 rings (SSSR count). The Morgan fingerprint density at radius 2 is 1.60 bits per heavy atom. The van der Waals surface area contributed by atoms with Crippen LogP contribution in [0.3, 0.4) is 0 Å². The largest absolute Gasteiger partial charge is 0.368 e. The predicted octanol–water partition coefficient (Wildman–Crippen LogP) is 4.18. The summed E-state index contributed by atoms with van der Waals surface area (Å²) in [4.78, 5) is 9.69. The van der Waals surface area contributed by atoms with E-state index in [0.29, 0.717) is 5.25 Å². The van der Waals surface area contributed by atoms with E-state index in [1.165, 1.54) is 16.4 Å². The van der Waals surface area contributed by atoms with E-state index in [0.717, 1.165) is 44.2 Å². The summed E-state index contributed by atoms with van der Waals surface area (Å²) in [5.41, 5.74) is 2.66. The third kappa shape index (κ3) is 4.13. The quantitative estimate of drug-likeness (QED) is 0.806. The Hall–Kier alpha value is -1.65. The zero-order valence-electron chi connectivity index (χ0n) is 14.1. The van der Waals surface area contributed by atoms with Crippen LogP contribution in [0.15, 0.2) is 59.6 Å². The Balaban J connectivity index is 1.29. The Labute approximate surface area is 158 Å². The molecule has 25 heavy (non-hydrogen) atoms. The van der Waals surface area contributed by atoms with Gasteiger partial charge in [-0.15, -0.1) is 0 Å². The highest BCUT2D eigenvalue weighted by Gasteiger charge is 2.26. The molecular weight excluding hydrogens is 350 g/mol. The van der Waals surface area contributed by atoms with E-state index in [2.05, 4.69) is 52.3 Å². The SMILES string of the molecule is Clc1ccc(N2CCN(C3=NCC(Cc4ccccc4)S3)CC2)cc1. The maximum absolute atomic E-state index is 5.99. The van der Waals surface area contributed by atoms with Gasteiger partial charge in [-0.25, -0.2) is 0 Å². The van der Waals surface area contributed by atoms with Crippen LogP contribution < -0.4 is 4.90 Å². The minimum absolute atomic E-state index is 0.576. The smallest absolute Gasteiger partial charge is 0.159 e. The summed E-state index contributed by atoms with van der Waals surface area (Å²) in [7, 11) is 0. The monoisotopic (exact) mass is 371 g/mol. The van der Waals surface area contributed by atoms with Gasteiger partial charge in [-0.2, -0.15) is 0 Å². The molecule has 0 N–H and O–H groups in total. The van der Waals surface area contributed by atoms with Crippen LogP contribution in [0.2, 0.25) is 5.02 Å². The topological polar surface area (TPSA) is 18.8 Å². The van der Waals surface area contributed by atoms with Crippen LogP contribution in [0.1, 0.15) is 5.56 Å². The van der Waals surface area contributed by atoms with Crippen LogP contribution >= 0.6 is 23.4 Å². The molecule has 130 valence electrons. The third-order valence-corrected chi connectivity index (χ3v) is 6.25. The first-order chi connectivity index (χ1) is 12.3. The molecule has 1 atom stereocenters. The van der Waals surface area contributed by atoms with Gasteiger partial charge in [-0.05, 0) is 36.2 Å². The van der Waals surface area contributed by atoms with Crippen molar-refractivity contribution in [2.45, 2.75) is 11.7 Å². The Bertz CT molecular complexity index is 724. The van der Waals surface area contributed by atoms with Crippen molar-refractivity contribution < 1.29 is 0 Å². The van der Waals surface area contributed by atoms with Gasteiger partial charge in [0.15, 0.2) is 5.17 Å². The van der Waals surface area contributed by atoms with E-state index in [4.69, 9.17) is 16.6 Å². The van der Waals surface area contributed by atoms with Crippen molar-refractivity contribution in [1.29, 1.82) is 0 Å². The third-order valence-electron chi connectivity index (χ3n) is 4.75. The molecule has 2 aliphatic rings. The summed E-state index contributed by atoms with van der Waals surface area (Å²) in [5.74, 6) is 0. The van der Waals surface area contributed by atoms with E-state index < -0.39 is 0 Å². The predicted molar refractivity (Wildman–Crippen MR) is 109 cm³/mol. The molecule has 1 fully saturated rings. The molecule has 0 amide bonds. The molecule has 2 aromatic carbocycles. The van der Waals surface area contributed by atoms with Crippen LogP contribution in [-0.4, -0.2) is 48.0 Å². The fraction of sp³-hybridized carbons (Fsp3) is 0.350. The van der Waals surface area contributed by atoms with Crippen molar-refractivity contribution in [2.75, 3.05) is 37.6 Å². The molecular formula is C20H22ClN3S. The van der Waals surface area contributed by atoms with Gasteiger partial charge in [0, 0.05) is 42.1 Å². The number of aliphatic imine (C=N–C) groups is 1. The Morgan fingerprint density at radius 3 is 2.32 bits per heavy atom. The lowest BCUT2D eigenvalue weighted by atomic mass is 10.1. The standard InChI is InChI=1S/C20H22ClN3S/c21-17-6-8-18(9-7-17)23-10-12-24(13-11-23)20-22-15-19(25-20)14-16-4-2-1-3-5-16/h1-9,19H,10-15H2. The fourth-order valence-electron chi connectivity index (χ4n) is 3.37. The average Bonchev–Trinajstić information content (AvgIpc) is 3.12. The number of amidine groups is 1. The first-order valence-corrected chi connectivity index (χ1v) is 10.0. The second-order valence-electron chi connectivity index (χ2n) is 6.50. The summed E-state index contributed by atoms with van der Waals surface area (Å²) < 4.78 is 0. The van der Waals surface area contributed by atoms with Gasteiger partial charge in [-0.3, -0.25) is 4.99 Å². The zero-order chi connectivity index (χ0) is 17.1. The van der Waals surface area contributed by atoms with Crippen LogP contribution in [-0.2, 0) is 6.42 Å². The maximum Gasteiger partial charge on any atom is 0.159 e. The highest BCUT2D eigenvalue weighted by molar-refractivity contribution is 8.14. The first kappa shape index (κ1) is 16.8. The lowest BCUT2D eigenvalue weighted by Gasteiger charge is -2.37. The maximum atomic E-state index is 5.99. The molecule has 5 heteroatoms. The van der Waals surface area contributed by atoms with Gasteiger partial charge < -0.3 is 9.80 Å². The zero-order valence-corrected chi connectivity index (χ0v) is 15.7.